The largest absolute Gasteiger partial charge is 0.444 e. The van der Waals surface area contributed by atoms with E-state index in [9.17, 15) is 4.79 Å². The van der Waals surface area contributed by atoms with Crippen molar-refractivity contribution in [2.75, 3.05) is 6.54 Å². The number of carbonyl (C=O) groups excluding carboxylic acids is 1. The fraction of sp³-hybridized carbons (Fsp3) is 0.385. The summed E-state index contributed by atoms with van der Waals surface area (Å²) in [6.45, 7) is 8.72. The highest BCUT2D eigenvalue weighted by atomic mass is 79.9. The Balaban J connectivity index is 1.54. The highest BCUT2D eigenvalue weighted by Crippen LogP contribution is 2.36. The Bertz CT molecular complexity index is 1130. The van der Waals surface area contributed by atoms with E-state index in [0.29, 0.717) is 13.1 Å². The summed E-state index contributed by atoms with van der Waals surface area (Å²) < 4.78 is 6.69. The van der Waals surface area contributed by atoms with E-state index < -0.39 is 5.60 Å². The lowest BCUT2D eigenvalue weighted by Crippen LogP contribution is -2.37. The number of ether oxygens (including phenoxy) is 1. The van der Waals surface area contributed by atoms with Crippen LogP contribution < -0.4 is 0 Å². The number of fused-ring (bicyclic) bond motifs is 3. The number of aromatic amines is 1. The smallest absolute Gasteiger partial charge is 0.410 e. The van der Waals surface area contributed by atoms with Crippen molar-refractivity contribution in [3.05, 3.63) is 64.0 Å². The molecule has 0 aliphatic heterocycles. The van der Waals surface area contributed by atoms with Crippen molar-refractivity contribution in [3.8, 4) is 22.4 Å². The number of H-pyrrole nitrogens is 1. The first-order valence-electron chi connectivity index (χ1n) is 11.2. The zero-order valence-electron chi connectivity index (χ0n) is 19.2. The van der Waals surface area contributed by atoms with Crippen molar-refractivity contribution >= 4 is 22.0 Å². The van der Waals surface area contributed by atoms with Crippen molar-refractivity contribution in [2.24, 2.45) is 0 Å². The van der Waals surface area contributed by atoms with Gasteiger partial charge in [-0.15, -0.1) is 0 Å². The zero-order chi connectivity index (χ0) is 22.9. The lowest BCUT2D eigenvalue weighted by molar-refractivity contribution is 0.0229. The fourth-order valence-electron chi connectivity index (χ4n) is 4.13. The molecule has 0 fully saturated rings. The molecule has 1 aliphatic rings. The minimum Gasteiger partial charge on any atom is -0.444 e. The number of rotatable bonds is 5. The van der Waals surface area contributed by atoms with Crippen LogP contribution in [0.1, 0.15) is 51.1 Å². The molecule has 0 bridgehead atoms. The Hall–Kier alpha value is -2.60. The maximum atomic E-state index is 12.6. The summed E-state index contributed by atoms with van der Waals surface area (Å²) in [6.07, 6.45) is 4.47. The number of aryl methyl sites for hydroxylation is 2. The van der Waals surface area contributed by atoms with Gasteiger partial charge in [-0.25, -0.2) is 9.78 Å². The van der Waals surface area contributed by atoms with E-state index in [1.165, 1.54) is 22.3 Å². The summed E-state index contributed by atoms with van der Waals surface area (Å²) in [5.74, 6) is 0.757. The van der Waals surface area contributed by atoms with Gasteiger partial charge in [0.15, 0.2) is 0 Å². The van der Waals surface area contributed by atoms with Crippen molar-refractivity contribution < 1.29 is 9.53 Å². The maximum absolute atomic E-state index is 12.6. The lowest BCUT2D eigenvalue weighted by Gasteiger charge is -2.26. The standard InChI is InChI=1S/C26H30BrN3O2/c1-5-12-30(25(31)32-26(2,3)4)16-24-28-15-23(29-24)19-8-10-21-17(13-19)6-7-18-14-20(27)9-11-22(18)21/h8-11,13-15H,5-7,12,16H2,1-4H3,(H,28,29). The summed E-state index contributed by atoms with van der Waals surface area (Å²) in [6, 6.07) is 13.1. The zero-order valence-corrected chi connectivity index (χ0v) is 20.8. The molecule has 5 nitrogen and oxygen atoms in total. The van der Waals surface area contributed by atoms with Gasteiger partial charge in [-0.1, -0.05) is 41.1 Å². The van der Waals surface area contributed by atoms with Crippen molar-refractivity contribution in [2.45, 2.75) is 59.1 Å². The molecule has 4 rings (SSSR count). The van der Waals surface area contributed by atoms with Gasteiger partial charge in [0, 0.05) is 11.0 Å². The van der Waals surface area contributed by atoms with Gasteiger partial charge >= 0.3 is 6.09 Å². The van der Waals surface area contributed by atoms with Crippen LogP contribution in [0.5, 0.6) is 0 Å². The summed E-state index contributed by atoms with van der Waals surface area (Å²) in [5, 5.41) is 0. The average molecular weight is 496 g/mol. The van der Waals surface area contributed by atoms with Crippen molar-refractivity contribution in [1.82, 2.24) is 14.9 Å². The number of halogens is 1. The molecule has 1 heterocycles. The number of imidazole rings is 1. The van der Waals surface area contributed by atoms with E-state index in [0.717, 1.165) is 40.8 Å². The van der Waals surface area contributed by atoms with Crippen LogP contribution >= 0.6 is 15.9 Å². The van der Waals surface area contributed by atoms with Crippen LogP contribution in [0.2, 0.25) is 0 Å². The first-order chi connectivity index (χ1) is 15.2. The minimum atomic E-state index is -0.519. The summed E-state index contributed by atoms with van der Waals surface area (Å²) >= 11 is 3.58. The minimum absolute atomic E-state index is 0.309. The molecule has 0 radical (unpaired) electrons. The van der Waals surface area contributed by atoms with Gasteiger partial charge in [0.2, 0.25) is 0 Å². The molecule has 168 valence electrons. The Kier molecular flexibility index (Phi) is 6.42. The number of benzene rings is 2. The first kappa shape index (κ1) is 22.6. The molecule has 2 aromatic carbocycles. The monoisotopic (exact) mass is 495 g/mol. The number of carbonyl (C=O) groups is 1. The van der Waals surface area contributed by atoms with Gasteiger partial charge in [0.05, 0.1) is 18.4 Å². The van der Waals surface area contributed by atoms with Gasteiger partial charge in [-0.05, 0) is 86.1 Å². The van der Waals surface area contributed by atoms with Crippen LogP contribution in [0.3, 0.4) is 0 Å². The number of amides is 1. The van der Waals surface area contributed by atoms with E-state index in [4.69, 9.17) is 4.74 Å². The highest BCUT2D eigenvalue weighted by molar-refractivity contribution is 9.10. The predicted octanol–water partition coefficient (Wildman–Crippen LogP) is 6.75. The van der Waals surface area contributed by atoms with E-state index in [-0.39, 0.29) is 6.09 Å². The van der Waals surface area contributed by atoms with Crippen LogP contribution in [0.25, 0.3) is 22.4 Å². The third-order valence-corrected chi connectivity index (χ3v) is 6.04. The molecular formula is C26H30BrN3O2. The van der Waals surface area contributed by atoms with Gasteiger partial charge in [-0.2, -0.15) is 0 Å². The van der Waals surface area contributed by atoms with Gasteiger partial charge in [-0.3, -0.25) is 0 Å². The normalized spacial score (nSPS) is 12.8. The topological polar surface area (TPSA) is 58.2 Å². The molecule has 0 saturated heterocycles. The van der Waals surface area contributed by atoms with Crippen molar-refractivity contribution in [3.63, 3.8) is 0 Å². The van der Waals surface area contributed by atoms with E-state index >= 15 is 0 Å². The third-order valence-electron chi connectivity index (χ3n) is 5.55. The second kappa shape index (κ2) is 9.10. The molecule has 32 heavy (non-hydrogen) atoms. The highest BCUT2D eigenvalue weighted by Gasteiger charge is 2.23. The second-order valence-corrected chi connectivity index (χ2v) is 10.2. The SMILES string of the molecule is CCCN(Cc1ncc(-c2ccc3c(c2)CCc2cc(Br)ccc2-3)[nH]1)C(=O)OC(C)(C)C. The molecule has 0 atom stereocenters. The van der Waals surface area contributed by atoms with E-state index in [2.05, 4.69) is 69.2 Å². The molecule has 1 amide bonds. The number of nitrogens with zero attached hydrogens (tertiary/aromatic N) is 2. The molecule has 1 N–H and O–H groups in total. The van der Waals surface area contributed by atoms with Crippen LogP contribution in [0.4, 0.5) is 4.79 Å². The number of hydrogen-bond acceptors (Lipinski definition) is 3. The lowest BCUT2D eigenvalue weighted by atomic mass is 9.84. The summed E-state index contributed by atoms with van der Waals surface area (Å²) in [7, 11) is 0. The maximum Gasteiger partial charge on any atom is 0.410 e. The Morgan fingerprint density at radius 3 is 2.50 bits per heavy atom. The first-order valence-corrected chi connectivity index (χ1v) is 12.0. The van der Waals surface area contributed by atoms with Crippen LogP contribution in [0, 0.1) is 0 Å². The van der Waals surface area contributed by atoms with Crippen LogP contribution in [-0.4, -0.2) is 33.1 Å². The molecule has 0 saturated carbocycles. The van der Waals surface area contributed by atoms with Gasteiger partial charge in [0.25, 0.3) is 0 Å². The van der Waals surface area contributed by atoms with Crippen molar-refractivity contribution in [1.29, 1.82) is 0 Å². The Morgan fingerprint density at radius 1 is 1.12 bits per heavy atom. The molecular weight excluding hydrogens is 466 g/mol. The van der Waals surface area contributed by atoms with Gasteiger partial charge < -0.3 is 14.6 Å². The second-order valence-electron chi connectivity index (χ2n) is 9.32. The third kappa shape index (κ3) is 5.07. The molecule has 0 spiro atoms. The molecule has 3 aromatic rings. The number of nitrogens with one attached hydrogen (secondary N) is 1. The average Bonchev–Trinajstić information content (AvgIpc) is 3.20. The quantitative estimate of drug-likeness (QED) is 0.425. The molecule has 1 aliphatic carbocycles. The number of hydrogen-bond donors (Lipinski definition) is 1. The molecule has 0 unspecified atom stereocenters. The van der Waals surface area contributed by atoms with Gasteiger partial charge in [0.1, 0.15) is 11.4 Å². The fourth-order valence-corrected chi connectivity index (χ4v) is 4.54. The number of aromatic nitrogens is 2. The van der Waals surface area contributed by atoms with E-state index in [1.807, 2.05) is 27.0 Å². The molecule has 6 heteroatoms. The Labute approximate surface area is 198 Å². The molecule has 1 aromatic heterocycles. The Morgan fingerprint density at radius 2 is 1.81 bits per heavy atom. The summed E-state index contributed by atoms with van der Waals surface area (Å²) in [5.41, 5.74) is 6.93. The summed E-state index contributed by atoms with van der Waals surface area (Å²) in [4.78, 5) is 22.2. The van der Waals surface area contributed by atoms with E-state index in [1.54, 1.807) is 4.90 Å². The predicted molar refractivity (Wildman–Crippen MR) is 132 cm³/mol. The van der Waals surface area contributed by atoms with Crippen LogP contribution in [0.15, 0.2) is 47.1 Å². The van der Waals surface area contributed by atoms with Crippen LogP contribution in [-0.2, 0) is 24.1 Å².